The van der Waals surface area contributed by atoms with Crippen LogP contribution in [0.2, 0.25) is 0 Å². The summed E-state index contributed by atoms with van der Waals surface area (Å²) < 4.78 is 13.0. The van der Waals surface area contributed by atoms with Crippen molar-refractivity contribution in [2.24, 2.45) is 17.8 Å². The van der Waals surface area contributed by atoms with Crippen LogP contribution in [0.4, 0.5) is 10.1 Å². The number of carbonyl (C=O) groups excluding carboxylic acids is 1. The third-order valence-electron chi connectivity index (χ3n) is 6.24. The summed E-state index contributed by atoms with van der Waals surface area (Å²) in [5, 5.41) is 0. The lowest BCUT2D eigenvalue weighted by Gasteiger charge is -2.38. The molecule has 2 saturated carbocycles. The summed E-state index contributed by atoms with van der Waals surface area (Å²) in [6, 6.07) is 7.08. The standard InChI is InChI=1S/C19H25FN2O/c1-21(19(23)18-16-3-2-4-17(16)18)14-9-11-22(12-10-14)15-7-5-13(20)6-8-15/h5-8,14,16-18H,2-4,9-12H2,1H3/t16-,17+,18?. The maximum absolute atomic E-state index is 13.0. The van der Waals surface area contributed by atoms with Crippen LogP contribution in [0.15, 0.2) is 24.3 Å². The Morgan fingerprint density at radius 2 is 1.70 bits per heavy atom. The number of fused-ring (bicyclic) bond motifs is 1. The number of amides is 1. The van der Waals surface area contributed by atoms with Crippen molar-refractivity contribution in [3.63, 3.8) is 0 Å². The van der Waals surface area contributed by atoms with E-state index >= 15 is 0 Å². The van der Waals surface area contributed by atoms with Crippen LogP contribution in [0, 0.1) is 23.6 Å². The van der Waals surface area contributed by atoms with Crippen molar-refractivity contribution in [3.05, 3.63) is 30.1 Å². The lowest BCUT2D eigenvalue weighted by Crippen LogP contribution is -2.46. The van der Waals surface area contributed by atoms with Crippen molar-refractivity contribution < 1.29 is 9.18 Å². The summed E-state index contributed by atoms with van der Waals surface area (Å²) in [6.07, 6.45) is 5.85. The second-order valence-electron chi connectivity index (χ2n) is 7.43. The van der Waals surface area contributed by atoms with E-state index in [0.717, 1.165) is 31.6 Å². The molecule has 1 aromatic carbocycles. The van der Waals surface area contributed by atoms with E-state index in [0.29, 0.717) is 29.7 Å². The van der Waals surface area contributed by atoms with Gasteiger partial charge in [-0.25, -0.2) is 4.39 Å². The van der Waals surface area contributed by atoms with E-state index in [2.05, 4.69) is 4.90 Å². The predicted octanol–water partition coefficient (Wildman–Crippen LogP) is 3.30. The van der Waals surface area contributed by atoms with Crippen molar-refractivity contribution in [3.8, 4) is 0 Å². The lowest BCUT2D eigenvalue weighted by molar-refractivity contribution is -0.134. The van der Waals surface area contributed by atoms with Crippen LogP contribution in [0.3, 0.4) is 0 Å². The smallest absolute Gasteiger partial charge is 0.226 e. The zero-order chi connectivity index (χ0) is 16.0. The minimum Gasteiger partial charge on any atom is -0.371 e. The van der Waals surface area contributed by atoms with Crippen molar-refractivity contribution in [2.45, 2.75) is 38.1 Å². The third kappa shape index (κ3) is 2.73. The number of rotatable bonds is 3. The maximum Gasteiger partial charge on any atom is 0.226 e. The molecule has 1 unspecified atom stereocenters. The topological polar surface area (TPSA) is 23.6 Å². The molecule has 0 N–H and O–H groups in total. The van der Waals surface area contributed by atoms with Crippen LogP contribution in [0.1, 0.15) is 32.1 Å². The normalized spacial score (nSPS) is 30.2. The Balaban J connectivity index is 1.32. The molecule has 23 heavy (non-hydrogen) atoms. The number of benzene rings is 1. The van der Waals surface area contributed by atoms with E-state index in [1.54, 1.807) is 0 Å². The van der Waals surface area contributed by atoms with Gasteiger partial charge in [0.15, 0.2) is 0 Å². The quantitative estimate of drug-likeness (QED) is 0.854. The number of anilines is 1. The van der Waals surface area contributed by atoms with Gasteiger partial charge in [0.05, 0.1) is 0 Å². The molecule has 1 aliphatic heterocycles. The van der Waals surface area contributed by atoms with Gasteiger partial charge >= 0.3 is 0 Å². The summed E-state index contributed by atoms with van der Waals surface area (Å²) in [5.41, 5.74) is 1.08. The second kappa shape index (κ2) is 5.81. The van der Waals surface area contributed by atoms with Gasteiger partial charge in [0.1, 0.15) is 5.82 Å². The Kier molecular flexibility index (Phi) is 3.78. The van der Waals surface area contributed by atoms with E-state index in [9.17, 15) is 9.18 Å². The highest BCUT2D eigenvalue weighted by molar-refractivity contribution is 5.82. The minimum atomic E-state index is -0.191. The molecule has 2 aliphatic carbocycles. The summed E-state index contributed by atoms with van der Waals surface area (Å²) >= 11 is 0. The van der Waals surface area contributed by atoms with E-state index < -0.39 is 0 Å². The second-order valence-corrected chi connectivity index (χ2v) is 7.43. The zero-order valence-electron chi connectivity index (χ0n) is 13.7. The van der Waals surface area contributed by atoms with Gasteiger partial charge in [-0.1, -0.05) is 6.42 Å². The van der Waals surface area contributed by atoms with E-state index in [1.165, 1.54) is 31.4 Å². The van der Waals surface area contributed by atoms with E-state index in [4.69, 9.17) is 0 Å². The van der Waals surface area contributed by atoms with E-state index in [1.807, 2.05) is 24.1 Å². The Morgan fingerprint density at radius 3 is 2.30 bits per heavy atom. The molecule has 0 aromatic heterocycles. The van der Waals surface area contributed by atoms with Crippen LogP contribution in [-0.4, -0.2) is 37.0 Å². The Labute approximate surface area is 137 Å². The van der Waals surface area contributed by atoms with Crippen LogP contribution in [-0.2, 0) is 4.79 Å². The predicted molar refractivity (Wildman–Crippen MR) is 88.7 cm³/mol. The molecule has 0 spiro atoms. The first kappa shape index (κ1) is 15.0. The van der Waals surface area contributed by atoms with Crippen molar-refractivity contribution >= 4 is 11.6 Å². The van der Waals surface area contributed by atoms with Crippen LogP contribution < -0.4 is 4.90 Å². The number of nitrogens with zero attached hydrogens (tertiary/aromatic N) is 2. The first-order valence-electron chi connectivity index (χ1n) is 8.92. The van der Waals surface area contributed by atoms with Gasteiger partial charge in [-0.15, -0.1) is 0 Å². The average Bonchev–Trinajstić information content (AvgIpc) is 3.06. The first-order valence-corrected chi connectivity index (χ1v) is 8.92. The molecule has 0 radical (unpaired) electrons. The van der Waals surface area contributed by atoms with Gasteiger partial charge in [0.2, 0.25) is 5.91 Å². The van der Waals surface area contributed by atoms with Gasteiger partial charge in [0, 0.05) is 37.8 Å². The average molecular weight is 316 g/mol. The number of piperidine rings is 1. The Hall–Kier alpha value is -1.58. The lowest BCUT2D eigenvalue weighted by atomic mass is 10.0. The molecule has 1 saturated heterocycles. The fraction of sp³-hybridized carbons (Fsp3) is 0.632. The molecule has 4 rings (SSSR count). The van der Waals surface area contributed by atoms with Gasteiger partial charge in [0.25, 0.3) is 0 Å². The molecule has 0 bridgehead atoms. The van der Waals surface area contributed by atoms with Crippen molar-refractivity contribution in [1.29, 1.82) is 0 Å². The molecule has 3 aliphatic rings. The highest BCUT2D eigenvalue weighted by atomic mass is 19.1. The largest absolute Gasteiger partial charge is 0.371 e. The van der Waals surface area contributed by atoms with Gasteiger partial charge < -0.3 is 9.80 Å². The highest BCUT2D eigenvalue weighted by Gasteiger charge is 2.57. The maximum atomic E-state index is 13.0. The van der Waals surface area contributed by atoms with E-state index in [-0.39, 0.29) is 5.82 Å². The summed E-state index contributed by atoms with van der Waals surface area (Å²) in [4.78, 5) is 17.0. The first-order chi connectivity index (χ1) is 11.1. The molecule has 3 nitrogen and oxygen atoms in total. The monoisotopic (exact) mass is 316 g/mol. The molecular weight excluding hydrogens is 291 g/mol. The molecular formula is C19H25FN2O. The van der Waals surface area contributed by atoms with Crippen molar-refractivity contribution in [1.82, 2.24) is 4.90 Å². The fourth-order valence-electron chi connectivity index (χ4n) is 4.77. The molecule has 1 amide bonds. The van der Waals surface area contributed by atoms with Crippen LogP contribution >= 0.6 is 0 Å². The molecule has 1 aromatic rings. The number of hydrogen-bond acceptors (Lipinski definition) is 2. The zero-order valence-corrected chi connectivity index (χ0v) is 13.7. The summed E-state index contributed by atoms with van der Waals surface area (Å²) in [6.45, 7) is 1.87. The number of halogens is 1. The van der Waals surface area contributed by atoms with Gasteiger partial charge in [-0.05, 0) is 61.8 Å². The molecule has 3 fully saturated rings. The fourth-order valence-corrected chi connectivity index (χ4v) is 4.77. The highest BCUT2D eigenvalue weighted by Crippen LogP contribution is 2.58. The molecule has 1 heterocycles. The van der Waals surface area contributed by atoms with Crippen LogP contribution in [0.5, 0.6) is 0 Å². The number of hydrogen-bond donors (Lipinski definition) is 0. The number of carbonyl (C=O) groups is 1. The molecule has 4 heteroatoms. The SMILES string of the molecule is CN(C(=O)C1[C@H]2CCC[C@@H]12)C1CCN(c2ccc(F)cc2)CC1. The molecule has 3 atom stereocenters. The Morgan fingerprint density at radius 1 is 1.09 bits per heavy atom. The van der Waals surface area contributed by atoms with Crippen LogP contribution in [0.25, 0.3) is 0 Å². The minimum absolute atomic E-state index is 0.191. The van der Waals surface area contributed by atoms with Crippen molar-refractivity contribution in [2.75, 3.05) is 25.0 Å². The molecule has 124 valence electrons. The summed E-state index contributed by atoms with van der Waals surface area (Å²) in [7, 11) is 1.99. The van der Waals surface area contributed by atoms with Gasteiger partial charge in [-0.2, -0.15) is 0 Å². The summed E-state index contributed by atoms with van der Waals surface area (Å²) in [5.74, 6) is 1.93. The van der Waals surface area contributed by atoms with Gasteiger partial charge in [-0.3, -0.25) is 4.79 Å². The third-order valence-corrected chi connectivity index (χ3v) is 6.24. The Bertz CT molecular complexity index is 570.